The average Bonchev–Trinajstić information content (AvgIpc) is 2.36. The van der Waals surface area contributed by atoms with Crippen LogP contribution in [0.5, 0.6) is 5.75 Å². The molecule has 1 unspecified atom stereocenters. The second-order valence-corrected chi connectivity index (χ2v) is 8.28. The van der Waals surface area contributed by atoms with Crippen molar-refractivity contribution in [1.82, 2.24) is 0 Å². The van der Waals surface area contributed by atoms with E-state index >= 15 is 0 Å². The highest BCUT2D eigenvalue weighted by atomic mass is 32.2. The number of sulfone groups is 1. The third-order valence-corrected chi connectivity index (χ3v) is 5.84. The molecule has 1 aliphatic heterocycles. The minimum absolute atomic E-state index is 0.118. The maximum atomic E-state index is 11.9. The van der Waals surface area contributed by atoms with Crippen molar-refractivity contribution in [1.29, 1.82) is 0 Å². The van der Waals surface area contributed by atoms with Crippen molar-refractivity contribution in [2.45, 2.75) is 37.5 Å². The van der Waals surface area contributed by atoms with Gasteiger partial charge in [-0.05, 0) is 38.3 Å². The van der Waals surface area contributed by atoms with Gasteiger partial charge in [0.15, 0.2) is 9.84 Å². The molecule has 0 saturated carbocycles. The Balaban J connectivity index is 2.06. The van der Waals surface area contributed by atoms with Crippen LogP contribution in [0.25, 0.3) is 0 Å². The molecule has 0 aromatic heterocycles. The van der Waals surface area contributed by atoms with Gasteiger partial charge in [-0.2, -0.15) is 0 Å². The van der Waals surface area contributed by atoms with E-state index in [-0.39, 0.29) is 11.0 Å². The van der Waals surface area contributed by atoms with Crippen LogP contribution in [0.4, 0.5) is 0 Å². The predicted octanol–water partition coefficient (Wildman–Crippen LogP) is 1.53. The van der Waals surface area contributed by atoms with E-state index in [1.165, 1.54) is 0 Å². The van der Waals surface area contributed by atoms with E-state index in [0.29, 0.717) is 19.4 Å². The number of nitrogens with two attached hydrogens (primary N) is 1. The quantitative estimate of drug-likeness (QED) is 0.910. The normalized spacial score (nSPS) is 22.9. The van der Waals surface area contributed by atoms with Gasteiger partial charge in [-0.15, -0.1) is 0 Å². The van der Waals surface area contributed by atoms with Gasteiger partial charge in [-0.25, -0.2) is 8.42 Å². The van der Waals surface area contributed by atoms with Crippen LogP contribution >= 0.6 is 0 Å². The monoisotopic (exact) mass is 283 g/mol. The van der Waals surface area contributed by atoms with Crippen molar-refractivity contribution in [3.8, 4) is 5.75 Å². The highest BCUT2D eigenvalue weighted by Crippen LogP contribution is 2.30. The van der Waals surface area contributed by atoms with E-state index in [0.717, 1.165) is 11.3 Å². The Bertz CT molecular complexity index is 554. The van der Waals surface area contributed by atoms with Crippen molar-refractivity contribution in [2.24, 2.45) is 5.73 Å². The Kier molecular flexibility index (Phi) is 3.87. The van der Waals surface area contributed by atoms with Crippen molar-refractivity contribution >= 4 is 9.84 Å². The molecule has 19 heavy (non-hydrogen) atoms. The molecular formula is C14H21NO3S. The summed E-state index contributed by atoms with van der Waals surface area (Å²) in [6, 6.07) is 7.76. The van der Waals surface area contributed by atoms with Gasteiger partial charge in [0, 0.05) is 0 Å². The topological polar surface area (TPSA) is 69.4 Å². The van der Waals surface area contributed by atoms with Crippen LogP contribution < -0.4 is 10.5 Å². The predicted molar refractivity (Wildman–Crippen MR) is 76.1 cm³/mol. The molecule has 0 saturated heterocycles. The number of ether oxygens (including phenoxy) is 1. The van der Waals surface area contributed by atoms with Crippen LogP contribution in [0, 0.1) is 0 Å². The van der Waals surface area contributed by atoms with E-state index in [9.17, 15) is 8.42 Å². The molecular weight excluding hydrogens is 262 g/mol. The zero-order valence-electron chi connectivity index (χ0n) is 11.4. The standard InChI is InChI=1S/C14H21NO3S/c1-11(2)19(16,17)8-7-14(15)9-12-5-3-4-6-13(12)18-10-14/h3-6,11H,7-10,15H2,1-2H3. The van der Waals surface area contributed by atoms with Gasteiger partial charge in [0.2, 0.25) is 0 Å². The third-order valence-electron chi connectivity index (χ3n) is 3.63. The van der Waals surface area contributed by atoms with Crippen LogP contribution in [0.1, 0.15) is 25.8 Å². The minimum atomic E-state index is -3.05. The van der Waals surface area contributed by atoms with E-state index in [4.69, 9.17) is 10.5 Å². The second kappa shape index (κ2) is 5.13. The summed E-state index contributed by atoms with van der Waals surface area (Å²) in [5.41, 5.74) is 6.76. The lowest BCUT2D eigenvalue weighted by molar-refractivity contribution is 0.187. The van der Waals surface area contributed by atoms with E-state index in [1.807, 2.05) is 24.3 Å². The van der Waals surface area contributed by atoms with E-state index in [2.05, 4.69) is 0 Å². The molecule has 2 N–H and O–H groups in total. The summed E-state index contributed by atoms with van der Waals surface area (Å²) in [6.45, 7) is 3.77. The van der Waals surface area contributed by atoms with Crippen molar-refractivity contribution < 1.29 is 13.2 Å². The molecule has 1 aromatic carbocycles. The Morgan fingerprint density at radius 3 is 2.74 bits per heavy atom. The Morgan fingerprint density at radius 1 is 1.37 bits per heavy atom. The number of hydrogen-bond donors (Lipinski definition) is 1. The summed E-state index contributed by atoms with van der Waals surface area (Å²) in [5, 5.41) is -0.354. The van der Waals surface area contributed by atoms with Gasteiger partial charge >= 0.3 is 0 Å². The van der Waals surface area contributed by atoms with Gasteiger partial charge in [0.25, 0.3) is 0 Å². The largest absolute Gasteiger partial charge is 0.491 e. The molecule has 1 aromatic rings. The molecule has 0 amide bonds. The molecule has 0 aliphatic carbocycles. The summed E-state index contributed by atoms with van der Waals surface area (Å²) >= 11 is 0. The first-order valence-corrected chi connectivity index (χ1v) is 8.25. The molecule has 106 valence electrons. The third kappa shape index (κ3) is 3.28. The van der Waals surface area contributed by atoms with Gasteiger partial charge in [-0.3, -0.25) is 0 Å². The smallest absolute Gasteiger partial charge is 0.152 e. The van der Waals surface area contributed by atoms with E-state index < -0.39 is 15.4 Å². The lowest BCUT2D eigenvalue weighted by Gasteiger charge is -2.34. The highest BCUT2D eigenvalue weighted by molar-refractivity contribution is 7.91. The van der Waals surface area contributed by atoms with Gasteiger partial charge in [-0.1, -0.05) is 18.2 Å². The first-order chi connectivity index (χ1) is 8.82. The van der Waals surface area contributed by atoms with Crippen molar-refractivity contribution in [2.75, 3.05) is 12.4 Å². The zero-order chi connectivity index (χ0) is 14.1. The van der Waals surface area contributed by atoms with Crippen molar-refractivity contribution in [3.63, 3.8) is 0 Å². The molecule has 1 heterocycles. The van der Waals surface area contributed by atoms with Gasteiger partial charge < -0.3 is 10.5 Å². The van der Waals surface area contributed by atoms with Crippen LogP contribution in [0.3, 0.4) is 0 Å². The summed E-state index contributed by atoms with van der Waals surface area (Å²) in [7, 11) is -3.05. The fourth-order valence-electron chi connectivity index (χ4n) is 2.18. The maximum absolute atomic E-state index is 11.9. The molecule has 1 atom stereocenters. The summed E-state index contributed by atoms with van der Waals surface area (Å²) in [4.78, 5) is 0. The van der Waals surface area contributed by atoms with Gasteiger partial charge in [0.05, 0.1) is 16.5 Å². The zero-order valence-corrected chi connectivity index (χ0v) is 12.2. The maximum Gasteiger partial charge on any atom is 0.152 e. The van der Waals surface area contributed by atoms with Crippen LogP contribution in [0.15, 0.2) is 24.3 Å². The number of benzene rings is 1. The molecule has 0 fully saturated rings. The highest BCUT2D eigenvalue weighted by Gasteiger charge is 2.33. The Hall–Kier alpha value is -1.07. The second-order valence-electron chi connectivity index (χ2n) is 5.60. The molecule has 0 radical (unpaired) electrons. The number of fused-ring (bicyclic) bond motifs is 1. The first-order valence-electron chi connectivity index (χ1n) is 6.54. The fourth-order valence-corrected chi connectivity index (χ4v) is 3.35. The molecule has 4 nitrogen and oxygen atoms in total. The molecule has 2 rings (SSSR count). The Labute approximate surface area is 114 Å². The van der Waals surface area contributed by atoms with Gasteiger partial charge in [0.1, 0.15) is 12.4 Å². The molecule has 0 spiro atoms. The molecule has 0 bridgehead atoms. The molecule has 1 aliphatic rings. The average molecular weight is 283 g/mol. The van der Waals surface area contributed by atoms with Crippen LogP contribution in [-0.2, 0) is 16.3 Å². The first kappa shape index (κ1) is 14.3. The van der Waals surface area contributed by atoms with Crippen LogP contribution in [-0.4, -0.2) is 31.6 Å². The van der Waals surface area contributed by atoms with Crippen molar-refractivity contribution in [3.05, 3.63) is 29.8 Å². The Morgan fingerprint density at radius 2 is 2.05 bits per heavy atom. The SMILES string of the molecule is CC(C)S(=O)(=O)CCC1(N)COc2ccccc2C1. The lowest BCUT2D eigenvalue weighted by atomic mass is 9.88. The minimum Gasteiger partial charge on any atom is -0.491 e. The molecule has 5 heteroatoms. The van der Waals surface area contributed by atoms with E-state index in [1.54, 1.807) is 13.8 Å². The number of hydrogen-bond acceptors (Lipinski definition) is 4. The summed E-state index contributed by atoms with van der Waals surface area (Å²) in [6.07, 6.45) is 1.10. The fraction of sp³-hybridized carbons (Fsp3) is 0.571. The summed E-state index contributed by atoms with van der Waals surface area (Å²) < 4.78 is 29.4. The van der Waals surface area contributed by atoms with Crippen LogP contribution in [0.2, 0.25) is 0 Å². The summed E-state index contributed by atoms with van der Waals surface area (Å²) in [5.74, 6) is 0.975. The number of rotatable bonds is 4. The lowest BCUT2D eigenvalue weighted by Crippen LogP contribution is -2.51. The number of para-hydroxylation sites is 1.